The second kappa shape index (κ2) is 11.4. The lowest BCUT2D eigenvalue weighted by molar-refractivity contribution is 0.562. The van der Waals surface area contributed by atoms with Crippen LogP contribution in [0.1, 0.15) is 37.9 Å². The standard InChI is InChI=1S/C29H30N6/c1(2-13-21-26-31-33-34-32-26)3-14-22-35-28(24-17-9-5-10-18-24)27(23-15-7-4-8-16-23)30-29(35)25-19-11-6-12-20-25/h4-12,15-20H,1-3,13-14,21-22H2,(H,31,32,33,34). The summed E-state index contributed by atoms with van der Waals surface area (Å²) in [7, 11) is 0. The Morgan fingerprint density at radius 3 is 1.89 bits per heavy atom. The number of H-pyrrole nitrogens is 1. The Labute approximate surface area is 206 Å². The molecule has 0 atom stereocenters. The summed E-state index contributed by atoms with van der Waals surface area (Å²) >= 11 is 0. The van der Waals surface area contributed by atoms with E-state index in [1.165, 1.54) is 30.5 Å². The zero-order valence-electron chi connectivity index (χ0n) is 19.8. The van der Waals surface area contributed by atoms with Crippen molar-refractivity contribution in [1.82, 2.24) is 30.2 Å². The van der Waals surface area contributed by atoms with E-state index < -0.39 is 0 Å². The average Bonchev–Trinajstić information content (AvgIpc) is 3.58. The highest BCUT2D eigenvalue weighted by Gasteiger charge is 2.20. The number of aromatic amines is 1. The van der Waals surface area contributed by atoms with Crippen molar-refractivity contribution in [1.29, 1.82) is 0 Å². The summed E-state index contributed by atoms with van der Waals surface area (Å²) in [5.74, 6) is 1.83. The summed E-state index contributed by atoms with van der Waals surface area (Å²) in [5, 5.41) is 14.2. The van der Waals surface area contributed by atoms with Crippen molar-refractivity contribution >= 4 is 0 Å². The second-order valence-electron chi connectivity index (χ2n) is 8.73. The Morgan fingerprint density at radius 2 is 1.23 bits per heavy atom. The molecule has 0 bridgehead atoms. The van der Waals surface area contributed by atoms with Gasteiger partial charge in [-0.05, 0) is 12.8 Å². The molecule has 5 aromatic rings. The van der Waals surface area contributed by atoms with Crippen LogP contribution < -0.4 is 0 Å². The molecular weight excluding hydrogens is 432 g/mol. The van der Waals surface area contributed by atoms with Crippen LogP contribution in [0.2, 0.25) is 0 Å². The minimum absolute atomic E-state index is 0.803. The Morgan fingerprint density at radius 1 is 0.629 bits per heavy atom. The number of aryl methyl sites for hydroxylation is 1. The normalized spacial score (nSPS) is 11.1. The molecule has 6 nitrogen and oxygen atoms in total. The summed E-state index contributed by atoms with van der Waals surface area (Å²) in [5.41, 5.74) is 5.71. The quantitative estimate of drug-likeness (QED) is 0.225. The summed E-state index contributed by atoms with van der Waals surface area (Å²) < 4.78 is 2.42. The smallest absolute Gasteiger partial charge is 0.174 e. The van der Waals surface area contributed by atoms with Gasteiger partial charge in [-0.2, -0.15) is 5.21 Å². The molecule has 0 aliphatic rings. The highest BCUT2D eigenvalue weighted by atomic mass is 15.5. The lowest BCUT2D eigenvalue weighted by Crippen LogP contribution is -2.03. The number of unbranched alkanes of at least 4 members (excludes halogenated alkanes) is 4. The number of nitrogens with zero attached hydrogens (tertiary/aromatic N) is 5. The van der Waals surface area contributed by atoms with Gasteiger partial charge in [0.05, 0.1) is 11.4 Å². The third-order valence-corrected chi connectivity index (χ3v) is 6.27. The molecule has 0 unspecified atom stereocenters. The highest BCUT2D eigenvalue weighted by Crippen LogP contribution is 2.36. The number of benzene rings is 3. The molecule has 2 heterocycles. The highest BCUT2D eigenvalue weighted by molar-refractivity contribution is 5.82. The molecule has 35 heavy (non-hydrogen) atoms. The number of imidazole rings is 1. The van der Waals surface area contributed by atoms with Gasteiger partial charge < -0.3 is 4.57 Å². The lowest BCUT2D eigenvalue weighted by atomic mass is 10.0. The summed E-state index contributed by atoms with van der Waals surface area (Å²) in [4.78, 5) is 5.22. The van der Waals surface area contributed by atoms with Gasteiger partial charge in [0.1, 0.15) is 5.82 Å². The molecule has 0 saturated carbocycles. The third kappa shape index (κ3) is 5.54. The van der Waals surface area contributed by atoms with E-state index in [4.69, 9.17) is 4.98 Å². The van der Waals surface area contributed by atoms with Gasteiger partial charge >= 0.3 is 0 Å². The first-order valence-corrected chi connectivity index (χ1v) is 12.4. The fraction of sp³-hybridized carbons (Fsp3) is 0.241. The van der Waals surface area contributed by atoms with Crippen LogP contribution in [-0.2, 0) is 13.0 Å². The summed E-state index contributed by atoms with van der Waals surface area (Å²) in [6.07, 6.45) is 6.62. The molecule has 3 aromatic carbocycles. The molecule has 176 valence electrons. The van der Waals surface area contributed by atoms with E-state index in [1.807, 2.05) is 0 Å². The monoisotopic (exact) mass is 462 g/mol. The van der Waals surface area contributed by atoms with Crippen molar-refractivity contribution in [2.75, 3.05) is 0 Å². The first-order valence-electron chi connectivity index (χ1n) is 12.4. The summed E-state index contributed by atoms with van der Waals surface area (Å²) in [6.45, 7) is 0.930. The first-order chi connectivity index (χ1) is 17.4. The average molecular weight is 463 g/mol. The molecule has 5 rings (SSSR count). The van der Waals surface area contributed by atoms with Crippen molar-refractivity contribution in [3.8, 4) is 33.9 Å². The molecule has 0 amide bonds. The SMILES string of the molecule is c1ccc(-c2nc(-c3ccccc3)n(CCCCCCCc3nn[nH]n3)c2-c2ccccc2)cc1. The van der Waals surface area contributed by atoms with Gasteiger partial charge in [-0.15, -0.1) is 10.2 Å². The largest absolute Gasteiger partial charge is 0.323 e. The van der Waals surface area contributed by atoms with Crippen LogP contribution in [0.4, 0.5) is 0 Å². The van der Waals surface area contributed by atoms with Gasteiger partial charge in [0, 0.05) is 29.7 Å². The molecular formula is C29H30N6. The van der Waals surface area contributed by atoms with E-state index in [-0.39, 0.29) is 0 Å². The van der Waals surface area contributed by atoms with Crippen LogP contribution in [0.25, 0.3) is 33.9 Å². The Bertz CT molecular complexity index is 1300. The Balaban J connectivity index is 1.40. The number of nitrogens with one attached hydrogen (secondary N) is 1. The van der Waals surface area contributed by atoms with Crippen molar-refractivity contribution in [3.05, 3.63) is 96.8 Å². The van der Waals surface area contributed by atoms with E-state index in [1.54, 1.807) is 0 Å². The van der Waals surface area contributed by atoms with Gasteiger partial charge in [0.15, 0.2) is 5.82 Å². The van der Waals surface area contributed by atoms with Crippen LogP contribution in [0, 0.1) is 0 Å². The lowest BCUT2D eigenvalue weighted by Gasteiger charge is -2.13. The molecule has 0 radical (unpaired) electrons. The predicted molar refractivity (Wildman–Crippen MR) is 140 cm³/mol. The Kier molecular flexibility index (Phi) is 7.39. The van der Waals surface area contributed by atoms with E-state index >= 15 is 0 Å². The fourth-order valence-corrected chi connectivity index (χ4v) is 4.54. The predicted octanol–water partition coefficient (Wildman–Crippen LogP) is 6.59. The zero-order chi connectivity index (χ0) is 23.7. The van der Waals surface area contributed by atoms with Crippen LogP contribution in [-0.4, -0.2) is 30.2 Å². The van der Waals surface area contributed by atoms with Crippen molar-refractivity contribution in [2.45, 2.75) is 45.1 Å². The minimum atomic E-state index is 0.803. The van der Waals surface area contributed by atoms with E-state index in [2.05, 4.69) is 116 Å². The van der Waals surface area contributed by atoms with Crippen LogP contribution in [0.15, 0.2) is 91.0 Å². The molecule has 0 saturated heterocycles. The van der Waals surface area contributed by atoms with Crippen molar-refractivity contribution < 1.29 is 0 Å². The third-order valence-electron chi connectivity index (χ3n) is 6.27. The van der Waals surface area contributed by atoms with Crippen LogP contribution in [0.3, 0.4) is 0 Å². The maximum atomic E-state index is 5.22. The number of aromatic nitrogens is 6. The van der Waals surface area contributed by atoms with Gasteiger partial charge in [-0.3, -0.25) is 0 Å². The van der Waals surface area contributed by atoms with E-state index in [0.29, 0.717) is 0 Å². The zero-order valence-corrected chi connectivity index (χ0v) is 19.8. The molecule has 0 fully saturated rings. The molecule has 0 spiro atoms. The molecule has 1 N–H and O–H groups in total. The Hall–Kier alpha value is -4.06. The maximum absolute atomic E-state index is 5.22. The number of hydrogen-bond donors (Lipinski definition) is 1. The molecule has 6 heteroatoms. The topological polar surface area (TPSA) is 72.3 Å². The maximum Gasteiger partial charge on any atom is 0.174 e. The van der Waals surface area contributed by atoms with Crippen molar-refractivity contribution in [3.63, 3.8) is 0 Å². The second-order valence-corrected chi connectivity index (χ2v) is 8.73. The molecule has 0 aliphatic heterocycles. The molecule has 0 aliphatic carbocycles. The number of tetrazole rings is 1. The number of hydrogen-bond acceptors (Lipinski definition) is 4. The minimum Gasteiger partial charge on any atom is -0.323 e. The number of rotatable bonds is 11. The fourth-order valence-electron chi connectivity index (χ4n) is 4.54. The van der Waals surface area contributed by atoms with E-state index in [0.717, 1.165) is 54.3 Å². The van der Waals surface area contributed by atoms with Crippen LogP contribution in [0.5, 0.6) is 0 Å². The van der Waals surface area contributed by atoms with Gasteiger partial charge in [-0.1, -0.05) is 115 Å². The van der Waals surface area contributed by atoms with Crippen molar-refractivity contribution in [2.24, 2.45) is 0 Å². The van der Waals surface area contributed by atoms with Gasteiger partial charge in [0.2, 0.25) is 0 Å². The van der Waals surface area contributed by atoms with Gasteiger partial charge in [0.25, 0.3) is 0 Å². The summed E-state index contributed by atoms with van der Waals surface area (Å²) in [6, 6.07) is 31.7. The van der Waals surface area contributed by atoms with Gasteiger partial charge in [-0.25, -0.2) is 4.98 Å². The first kappa shape index (κ1) is 22.7. The van der Waals surface area contributed by atoms with Crippen LogP contribution >= 0.6 is 0 Å². The van der Waals surface area contributed by atoms with E-state index in [9.17, 15) is 0 Å². The molecule has 2 aromatic heterocycles.